The normalized spacial score (nSPS) is 16.1. The Kier molecular flexibility index (Phi) is 10.7. The molecule has 1 saturated carbocycles. The number of amides is 4. The number of carbonyl (C=O) groups is 4. The number of benzene rings is 2. The van der Waals surface area contributed by atoms with Gasteiger partial charge in [0.1, 0.15) is 40.7 Å². The summed E-state index contributed by atoms with van der Waals surface area (Å²) in [6.45, 7) is 7.68. The molecule has 19 heteroatoms. The van der Waals surface area contributed by atoms with E-state index >= 15 is 0 Å². The van der Waals surface area contributed by atoms with Crippen molar-refractivity contribution in [1.29, 1.82) is 0 Å². The fraction of sp³-hybridized carbons (Fsp3) is 0.370. The van der Waals surface area contributed by atoms with E-state index in [2.05, 4.69) is 42.5 Å². The van der Waals surface area contributed by atoms with Crippen LogP contribution in [0.3, 0.4) is 0 Å². The van der Waals surface area contributed by atoms with E-state index in [0.29, 0.717) is 91.7 Å². The number of imidazole rings is 1. The summed E-state index contributed by atoms with van der Waals surface area (Å²) in [6.07, 6.45) is 6.49. The molecule has 1 saturated heterocycles. The highest BCUT2D eigenvalue weighted by atomic mass is 16.5. The van der Waals surface area contributed by atoms with Crippen molar-refractivity contribution in [3.05, 3.63) is 88.2 Å². The van der Waals surface area contributed by atoms with Gasteiger partial charge in [0, 0.05) is 90.5 Å². The van der Waals surface area contributed by atoms with Crippen LogP contribution >= 0.6 is 0 Å². The first-order valence-electron chi connectivity index (χ1n) is 22.1. The summed E-state index contributed by atoms with van der Waals surface area (Å²) < 4.78 is 13.3. The second-order valence-corrected chi connectivity index (χ2v) is 16.8. The van der Waals surface area contributed by atoms with Gasteiger partial charge >= 0.3 is 0 Å². The van der Waals surface area contributed by atoms with Gasteiger partial charge in [0.2, 0.25) is 17.6 Å². The molecule has 1 unspecified atom stereocenters. The molecule has 6 N–H and O–H groups in total. The zero-order valence-corrected chi connectivity index (χ0v) is 36.6. The first kappa shape index (κ1) is 41.4. The van der Waals surface area contributed by atoms with Crippen molar-refractivity contribution in [2.75, 3.05) is 30.8 Å². The Morgan fingerprint density at radius 2 is 1.88 bits per heavy atom. The molecule has 2 fully saturated rings. The Morgan fingerprint density at radius 1 is 1.02 bits per heavy atom. The minimum Gasteiger partial charge on any atom is -0.496 e. The molecule has 7 aromatic rings. The molecular formula is C46H49N13O6. The number of piperidine rings is 1. The fourth-order valence-electron chi connectivity index (χ4n) is 9.00. The lowest BCUT2D eigenvalue weighted by Gasteiger charge is -2.29. The molecule has 7 heterocycles. The standard InChI is InChI=1S/C46H49N13O6/c1-5-59-37(20-32(56-59)25-11-12-25)52-42-40-28-19-35(64-4)29(39-23(2)57-65-24(39)3)18-33(28)51-41(40)54-43(55-42)45(62)48-16-7-8-26-21-49-36(50-26)15-17-47-31-10-6-9-27-30(31)22-58(46(27)63)34-13-14-38(60)53-44(34)61/h6,9-10,18-21,25,34,47H,5,7-8,11-17,22H2,1-4H3,(H,48,62)(H,49,50)(H,53,60,61)(H2,51,52,54,55). The lowest BCUT2D eigenvalue weighted by molar-refractivity contribution is -0.136. The number of methoxy groups -OCH3 is 1. The number of rotatable bonds is 16. The van der Waals surface area contributed by atoms with Crippen LogP contribution in [0.4, 0.5) is 17.3 Å². The van der Waals surface area contributed by atoms with Crippen LogP contribution in [0, 0.1) is 13.8 Å². The molecule has 10 rings (SSSR count). The summed E-state index contributed by atoms with van der Waals surface area (Å²) in [5.41, 5.74) is 7.80. The number of aromatic nitrogens is 8. The summed E-state index contributed by atoms with van der Waals surface area (Å²) in [6, 6.07) is 10.8. The topological polar surface area (TPSA) is 243 Å². The molecule has 0 radical (unpaired) electrons. The third kappa shape index (κ3) is 7.90. The summed E-state index contributed by atoms with van der Waals surface area (Å²) in [4.78, 5) is 73.8. The van der Waals surface area contributed by atoms with E-state index in [0.717, 1.165) is 74.8 Å². The number of nitrogens with zero attached hydrogens (tertiary/aromatic N) is 7. The molecule has 0 spiro atoms. The quantitative estimate of drug-likeness (QED) is 0.0503. The number of aryl methyl sites for hydroxylation is 4. The lowest BCUT2D eigenvalue weighted by Crippen LogP contribution is -2.52. The SMILES string of the molecule is CCn1nc(C2CC2)cc1Nc1nc(C(=O)NCCCc2c[nH]c(CCNc3cccc4c3CN(C3CCC(=O)NC3=O)C4=O)n2)nc2[nH]c3cc(-c4c(C)noc4C)c(OC)cc3c12. The molecule has 3 aliphatic rings. The van der Waals surface area contributed by atoms with Gasteiger partial charge in [0.25, 0.3) is 11.8 Å². The lowest BCUT2D eigenvalue weighted by atomic mass is 10.0. The predicted octanol–water partition coefficient (Wildman–Crippen LogP) is 5.73. The van der Waals surface area contributed by atoms with Crippen molar-refractivity contribution < 1.29 is 28.4 Å². The Morgan fingerprint density at radius 3 is 2.65 bits per heavy atom. The van der Waals surface area contributed by atoms with Crippen LogP contribution in [0.5, 0.6) is 5.75 Å². The second-order valence-electron chi connectivity index (χ2n) is 16.8. The molecule has 0 bridgehead atoms. The molecular weight excluding hydrogens is 831 g/mol. The van der Waals surface area contributed by atoms with Gasteiger partial charge in [-0.2, -0.15) is 5.10 Å². The maximum absolute atomic E-state index is 13.8. The maximum Gasteiger partial charge on any atom is 0.289 e. The molecule has 2 aromatic carbocycles. The van der Waals surface area contributed by atoms with Crippen molar-refractivity contribution in [2.24, 2.45) is 0 Å². The van der Waals surface area contributed by atoms with E-state index in [1.807, 2.05) is 55.9 Å². The first-order chi connectivity index (χ1) is 31.6. The number of H-pyrrole nitrogens is 2. The van der Waals surface area contributed by atoms with Crippen LogP contribution in [0.25, 0.3) is 33.1 Å². The number of hydrogen-bond acceptors (Lipinski definition) is 13. The van der Waals surface area contributed by atoms with Crippen molar-refractivity contribution in [1.82, 2.24) is 55.4 Å². The summed E-state index contributed by atoms with van der Waals surface area (Å²) >= 11 is 0. The molecule has 5 aromatic heterocycles. The van der Waals surface area contributed by atoms with Gasteiger partial charge in [0.05, 0.1) is 35.1 Å². The summed E-state index contributed by atoms with van der Waals surface area (Å²) in [5.74, 6) is 2.46. The zero-order valence-electron chi connectivity index (χ0n) is 36.6. The largest absolute Gasteiger partial charge is 0.496 e. The highest BCUT2D eigenvalue weighted by Crippen LogP contribution is 2.43. The summed E-state index contributed by atoms with van der Waals surface area (Å²) in [5, 5.41) is 22.8. The minimum absolute atomic E-state index is 0.0149. The van der Waals surface area contributed by atoms with Gasteiger partial charge in [-0.1, -0.05) is 11.2 Å². The van der Waals surface area contributed by atoms with E-state index in [1.54, 1.807) is 18.1 Å². The molecule has 4 amide bonds. The predicted molar refractivity (Wildman–Crippen MR) is 240 cm³/mol. The summed E-state index contributed by atoms with van der Waals surface area (Å²) in [7, 11) is 1.63. The highest BCUT2D eigenvalue weighted by Gasteiger charge is 2.40. The average Bonchev–Trinajstić information content (AvgIpc) is 3.55. The fourth-order valence-corrected chi connectivity index (χ4v) is 9.00. The van der Waals surface area contributed by atoms with Gasteiger partial charge in [-0.15, -0.1) is 0 Å². The van der Waals surface area contributed by atoms with Crippen LogP contribution in [-0.2, 0) is 35.5 Å². The van der Waals surface area contributed by atoms with Crippen LogP contribution in [0.2, 0.25) is 0 Å². The monoisotopic (exact) mass is 879 g/mol. The number of carbonyl (C=O) groups excluding carboxylic acids is 4. The first-order valence-corrected chi connectivity index (χ1v) is 22.1. The number of fused-ring (bicyclic) bond motifs is 4. The number of hydrogen-bond donors (Lipinski definition) is 6. The van der Waals surface area contributed by atoms with Gasteiger partial charge in [-0.25, -0.2) is 19.6 Å². The Hall–Kier alpha value is -7.57. The van der Waals surface area contributed by atoms with E-state index in [9.17, 15) is 19.2 Å². The molecule has 2 aliphatic heterocycles. The Labute approximate surface area is 372 Å². The Balaban J connectivity index is 0.805. The van der Waals surface area contributed by atoms with Gasteiger partial charge < -0.3 is 40.1 Å². The highest BCUT2D eigenvalue weighted by molar-refractivity contribution is 6.14. The molecule has 334 valence electrons. The number of nitrogens with one attached hydrogen (secondary N) is 6. The second kappa shape index (κ2) is 16.9. The number of imide groups is 1. The molecule has 65 heavy (non-hydrogen) atoms. The van der Waals surface area contributed by atoms with Crippen molar-refractivity contribution >= 4 is 62.9 Å². The zero-order chi connectivity index (χ0) is 44.9. The van der Waals surface area contributed by atoms with Crippen molar-refractivity contribution in [3.8, 4) is 16.9 Å². The molecule has 19 nitrogen and oxygen atoms in total. The number of ether oxygens (including phenoxy) is 1. The van der Waals surface area contributed by atoms with Crippen molar-refractivity contribution in [2.45, 2.75) is 90.8 Å². The smallest absolute Gasteiger partial charge is 0.289 e. The van der Waals surface area contributed by atoms with E-state index in [1.165, 1.54) is 0 Å². The molecule has 1 aliphatic carbocycles. The average molecular weight is 880 g/mol. The van der Waals surface area contributed by atoms with Gasteiger partial charge in [-0.3, -0.25) is 24.5 Å². The van der Waals surface area contributed by atoms with Crippen LogP contribution in [-0.4, -0.2) is 94.6 Å². The third-order valence-corrected chi connectivity index (χ3v) is 12.5. The van der Waals surface area contributed by atoms with Crippen LogP contribution < -0.4 is 26.0 Å². The van der Waals surface area contributed by atoms with Gasteiger partial charge in [-0.05, 0) is 77.1 Å². The Bertz CT molecular complexity index is 3010. The van der Waals surface area contributed by atoms with E-state index in [-0.39, 0.29) is 24.1 Å². The number of anilines is 3. The van der Waals surface area contributed by atoms with Gasteiger partial charge in [0.15, 0.2) is 0 Å². The molecule has 1 atom stereocenters. The van der Waals surface area contributed by atoms with Crippen LogP contribution in [0.1, 0.15) is 100 Å². The van der Waals surface area contributed by atoms with Crippen molar-refractivity contribution in [3.63, 3.8) is 0 Å². The van der Waals surface area contributed by atoms with E-state index < -0.39 is 17.9 Å². The third-order valence-electron chi connectivity index (χ3n) is 12.5. The minimum atomic E-state index is -0.669. The number of aromatic amines is 2. The van der Waals surface area contributed by atoms with Crippen LogP contribution in [0.15, 0.2) is 47.1 Å². The van der Waals surface area contributed by atoms with E-state index in [4.69, 9.17) is 29.3 Å². The maximum atomic E-state index is 13.8.